The summed E-state index contributed by atoms with van der Waals surface area (Å²) in [4.78, 5) is 11.1. The molecule has 0 radical (unpaired) electrons. The molecule has 16 heavy (non-hydrogen) atoms. The maximum absolute atomic E-state index is 11.1. The van der Waals surface area contributed by atoms with Crippen LogP contribution in [0.3, 0.4) is 0 Å². The van der Waals surface area contributed by atoms with Crippen molar-refractivity contribution >= 4 is 11.7 Å². The monoisotopic (exact) mass is 220 g/mol. The number of carbonyl (C=O) groups is 1. The van der Waals surface area contributed by atoms with Crippen molar-refractivity contribution in [1.29, 1.82) is 0 Å². The molecule has 0 amide bonds. The predicted molar refractivity (Wildman–Crippen MR) is 58.3 cm³/mol. The third-order valence-corrected chi connectivity index (χ3v) is 2.41. The molecule has 4 nitrogen and oxygen atoms in total. The highest BCUT2D eigenvalue weighted by Gasteiger charge is 2.14. The fourth-order valence-corrected chi connectivity index (χ4v) is 1.57. The van der Waals surface area contributed by atoms with Crippen molar-refractivity contribution in [3.63, 3.8) is 0 Å². The molecular weight excluding hydrogens is 208 g/mol. The maximum Gasteiger partial charge on any atom is 0.309 e. The fourth-order valence-electron chi connectivity index (χ4n) is 1.57. The van der Waals surface area contributed by atoms with Gasteiger partial charge in [0, 0.05) is 0 Å². The minimum Gasteiger partial charge on any atom is -0.507 e. The van der Waals surface area contributed by atoms with Gasteiger partial charge in [0.15, 0.2) is 0 Å². The number of esters is 1. The highest BCUT2D eigenvalue weighted by atomic mass is 16.5. The molecule has 4 heteroatoms. The number of carbonyl (C=O) groups excluding carboxylic acids is 1. The second-order valence-corrected chi connectivity index (χ2v) is 3.48. The van der Waals surface area contributed by atoms with Gasteiger partial charge in [-0.15, -0.1) is 0 Å². The minimum atomic E-state index is -0.296. The molecule has 1 aromatic rings. The molecule has 0 atom stereocenters. The van der Waals surface area contributed by atoms with Crippen molar-refractivity contribution in [3.8, 4) is 5.75 Å². The minimum absolute atomic E-state index is 0.206. The number of hydrogen-bond acceptors (Lipinski definition) is 4. The molecule has 0 aliphatic carbocycles. The summed E-state index contributed by atoms with van der Waals surface area (Å²) in [6, 6.07) is 5.25. The SMILES string of the molecule is COC(=O)Cc1ccc2c(c1)OCC=C2O. The van der Waals surface area contributed by atoms with Crippen LogP contribution in [0.15, 0.2) is 24.3 Å². The molecule has 1 aliphatic rings. The Bertz CT molecular complexity index is 448. The van der Waals surface area contributed by atoms with Gasteiger partial charge in [-0.25, -0.2) is 0 Å². The van der Waals surface area contributed by atoms with E-state index in [1.807, 2.05) is 0 Å². The van der Waals surface area contributed by atoms with Gasteiger partial charge >= 0.3 is 5.97 Å². The van der Waals surface area contributed by atoms with E-state index in [4.69, 9.17) is 4.74 Å². The zero-order chi connectivity index (χ0) is 11.5. The number of methoxy groups -OCH3 is 1. The van der Waals surface area contributed by atoms with Gasteiger partial charge in [0.25, 0.3) is 0 Å². The summed E-state index contributed by atoms with van der Waals surface area (Å²) in [6.45, 7) is 0.348. The summed E-state index contributed by atoms with van der Waals surface area (Å²) < 4.78 is 9.94. The van der Waals surface area contributed by atoms with E-state index < -0.39 is 0 Å². The standard InChI is InChI=1S/C12H12O4/c1-15-12(14)7-8-2-3-9-10(13)4-5-16-11(9)6-8/h2-4,6,13H,5,7H2,1H3. The summed E-state index contributed by atoms with van der Waals surface area (Å²) >= 11 is 0. The number of ether oxygens (including phenoxy) is 2. The third kappa shape index (κ3) is 2.00. The van der Waals surface area contributed by atoms with Gasteiger partial charge < -0.3 is 14.6 Å². The Balaban J connectivity index is 2.26. The van der Waals surface area contributed by atoms with E-state index in [0.717, 1.165) is 5.56 Å². The van der Waals surface area contributed by atoms with E-state index >= 15 is 0 Å². The van der Waals surface area contributed by atoms with E-state index in [1.165, 1.54) is 7.11 Å². The number of benzene rings is 1. The van der Waals surface area contributed by atoms with Gasteiger partial charge in [0.1, 0.15) is 18.1 Å². The molecule has 0 saturated carbocycles. The first-order valence-corrected chi connectivity index (χ1v) is 4.92. The largest absolute Gasteiger partial charge is 0.507 e. The summed E-state index contributed by atoms with van der Waals surface area (Å²) in [6.07, 6.45) is 1.81. The van der Waals surface area contributed by atoms with Crippen LogP contribution in [0.5, 0.6) is 5.75 Å². The molecule has 2 rings (SSSR count). The quantitative estimate of drug-likeness (QED) is 0.770. The van der Waals surface area contributed by atoms with Crippen LogP contribution in [0.1, 0.15) is 11.1 Å². The van der Waals surface area contributed by atoms with Crippen molar-refractivity contribution < 1.29 is 19.4 Å². The van der Waals surface area contributed by atoms with Crippen molar-refractivity contribution in [2.75, 3.05) is 13.7 Å². The number of hydrogen-bond donors (Lipinski definition) is 1. The highest BCUT2D eigenvalue weighted by Crippen LogP contribution is 2.29. The summed E-state index contributed by atoms with van der Waals surface area (Å²) in [7, 11) is 1.35. The van der Waals surface area contributed by atoms with Crippen molar-refractivity contribution in [2.45, 2.75) is 6.42 Å². The van der Waals surface area contributed by atoms with E-state index in [2.05, 4.69) is 4.74 Å². The molecule has 84 valence electrons. The first-order chi connectivity index (χ1) is 7.70. The van der Waals surface area contributed by atoms with E-state index in [-0.39, 0.29) is 18.1 Å². The lowest BCUT2D eigenvalue weighted by Crippen LogP contribution is -2.07. The van der Waals surface area contributed by atoms with Gasteiger partial charge in [0.2, 0.25) is 0 Å². The lowest BCUT2D eigenvalue weighted by Gasteiger charge is -2.15. The van der Waals surface area contributed by atoms with Crippen LogP contribution in [0.25, 0.3) is 5.76 Å². The zero-order valence-corrected chi connectivity index (χ0v) is 8.90. The highest BCUT2D eigenvalue weighted by molar-refractivity contribution is 5.74. The Hall–Kier alpha value is -1.97. The summed E-state index contributed by atoms with van der Waals surface area (Å²) in [5.41, 5.74) is 1.46. The molecule has 0 saturated heterocycles. The average molecular weight is 220 g/mol. The predicted octanol–water partition coefficient (Wildman–Crippen LogP) is 1.69. The van der Waals surface area contributed by atoms with Crippen LogP contribution in [-0.2, 0) is 16.0 Å². The van der Waals surface area contributed by atoms with Crippen molar-refractivity contribution in [2.24, 2.45) is 0 Å². The molecule has 0 unspecified atom stereocenters. The first kappa shape index (κ1) is 10.5. The Morgan fingerprint density at radius 2 is 2.38 bits per heavy atom. The van der Waals surface area contributed by atoms with Crippen LogP contribution in [0.4, 0.5) is 0 Å². The second-order valence-electron chi connectivity index (χ2n) is 3.48. The van der Waals surface area contributed by atoms with Crippen LogP contribution in [0, 0.1) is 0 Å². The topological polar surface area (TPSA) is 55.8 Å². The lowest BCUT2D eigenvalue weighted by molar-refractivity contribution is -0.139. The van der Waals surface area contributed by atoms with E-state index in [9.17, 15) is 9.90 Å². The lowest BCUT2D eigenvalue weighted by atomic mass is 10.1. The van der Waals surface area contributed by atoms with Gasteiger partial charge in [-0.05, 0) is 23.8 Å². The Morgan fingerprint density at radius 3 is 3.12 bits per heavy atom. The van der Waals surface area contributed by atoms with Gasteiger partial charge in [0.05, 0.1) is 19.1 Å². The van der Waals surface area contributed by atoms with Crippen molar-refractivity contribution in [3.05, 3.63) is 35.4 Å². The molecular formula is C12H12O4. The van der Waals surface area contributed by atoms with Crippen LogP contribution in [0.2, 0.25) is 0 Å². The number of aliphatic hydroxyl groups is 1. The average Bonchev–Trinajstić information content (AvgIpc) is 2.29. The molecule has 1 N–H and O–H groups in total. The third-order valence-electron chi connectivity index (χ3n) is 2.41. The summed E-state index contributed by atoms with van der Waals surface area (Å²) in [5.74, 6) is 0.516. The van der Waals surface area contributed by atoms with Crippen LogP contribution >= 0.6 is 0 Å². The van der Waals surface area contributed by atoms with Gasteiger partial charge in [-0.3, -0.25) is 4.79 Å². The molecule has 1 heterocycles. The maximum atomic E-state index is 11.1. The smallest absolute Gasteiger partial charge is 0.309 e. The molecule has 0 fully saturated rings. The second kappa shape index (κ2) is 4.26. The van der Waals surface area contributed by atoms with E-state index in [1.54, 1.807) is 24.3 Å². The first-order valence-electron chi connectivity index (χ1n) is 4.92. The van der Waals surface area contributed by atoms with Gasteiger partial charge in [-0.1, -0.05) is 6.07 Å². The number of rotatable bonds is 2. The normalized spacial score (nSPS) is 13.4. The Kier molecular flexibility index (Phi) is 2.81. The summed E-state index contributed by atoms with van der Waals surface area (Å²) in [5, 5.41) is 9.57. The zero-order valence-electron chi connectivity index (χ0n) is 8.90. The molecule has 0 aromatic heterocycles. The van der Waals surface area contributed by atoms with Crippen molar-refractivity contribution in [1.82, 2.24) is 0 Å². The fraction of sp³-hybridized carbons (Fsp3) is 0.250. The number of fused-ring (bicyclic) bond motifs is 1. The van der Waals surface area contributed by atoms with Gasteiger partial charge in [-0.2, -0.15) is 0 Å². The van der Waals surface area contributed by atoms with Crippen LogP contribution in [-0.4, -0.2) is 24.8 Å². The Morgan fingerprint density at radius 1 is 1.56 bits per heavy atom. The molecule has 1 aliphatic heterocycles. The van der Waals surface area contributed by atoms with E-state index in [0.29, 0.717) is 17.9 Å². The molecule has 0 bridgehead atoms. The molecule has 1 aromatic carbocycles. The Labute approximate surface area is 93.1 Å². The molecule has 0 spiro atoms. The number of aliphatic hydroxyl groups excluding tert-OH is 1. The van der Waals surface area contributed by atoms with Crippen LogP contribution < -0.4 is 4.74 Å².